The molecule has 1 aromatic carbocycles. The first-order valence-corrected chi connectivity index (χ1v) is 9.07. The van der Waals surface area contributed by atoms with Crippen molar-refractivity contribution in [2.24, 2.45) is 5.92 Å². The largest absolute Gasteiger partial charge is 0.493 e. The second kappa shape index (κ2) is 7.74. The Morgan fingerprint density at radius 2 is 2.08 bits per heavy atom. The summed E-state index contributed by atoms with van der Waals surface area (Å²) in [7, 11) is 0. The second-order valence-electron chi connectivity index (χ2n) is 6.70. The van der Waals surface area contributed by atoms with E-state index < -0.39 is 0 Å². The third-order valence-electron chi connectivity index (χ3n) is 4.83. The topological polar surface area (TPSA) is 63.7 Å². The molecule has 1 amide bonds. The number of hydrogen-bond donors (Lipinski definition) is 1. The molecular weight excluding hydrogens is 330 g/mol. The lowest BCUT2D eigenvalue weighted by molar-refractivity contribution is 0.0303. The lowest BCUT2D eigenvalue weighted by atomic mass is 9.97. The van der Waals surface area contributed by atoms with E-state index in [-0.39, 0.29) is 5.91 Å². The SMILES string of the molecule is O=C(c1ccnc(NC[C@H]2COc3ccccc3C2)c1)N1CCOCC1. The number of para-hydroxylation sites is 1. The summed E-state index contributed by atoms with van der Waals surface area (Å²) in [6.07, 6.45) is 2.66. The first-order chi connectivity index (χ1) is 12.8. The molecule has 2 aromatic rings. The molecule has 1 saturated heterocycles. The summed E-state index contributed by atoms with van der Waals surface area (Å²) in [6, 6.07) is 11.8. The van der Waals surface area contributed by atoms with Gasteiger partial charge in [0.05, 0.1) is 19.8 Å². The Kier molecular flexibility index (Phi) is 5.02. The van der Waals surface area contributed by atoms with Crippen molar-refractivity contribution in [1.29, 1.82) is 0 Å². The van der Waals surface area contributed by atoms with Crippen LogP contribution in [-0.2, 0) is 11.2 Å². The molecular formula is C20H23N3O3. The summed E-state index contributed by atoms with van der Waals surface area (Å²) < 4.78 is 11.1. The number of benzene rings is 1. The van der Waals surface area contributed by atoms with Crippen molar-refractivity contribution in [2.45, 2.75) is 6.42 Å². The third kappa shape index (κ3) is 3.80. The van der Waals surface area contributed by atoms with E-state index in [0.29, 0.717) is 44.4 Å². The van der Waals surface area contributed by atoms with Gasteiger partial charge in [-0.15, -0.1) is 0 Å². The Balaban J connectivity index is 1.36. The van der Waals surface area contributed by atoms with Crippen LogP contribution in [0, 0.1) is 5.92 Å². The van der Waals surface area contributed by atoms with Crippen molar-refractivity contribution >= 4 is 11.7 Å². The fraction of sp³-hybridized carbons (Fsp3) is 0.400. The molecule has 0 aliphatic carbocycles. The lowest BCUT2D eigenvalue weighted by Crippen LogP contribution is -2.40. The standard InChI is InChI=1S/C20H23N3O3/c24-20(23-7-9-25-10-8-23)17-5-6-21-19(12-17)22-13-15-11-16-3-1-2-4-18(16)26-14-15/h1-6,12,15H,7-11,13-14H2,(H,21,22)/t15-/m0/s1. The number of nitrogens with zero attached hydrogens (tertiary/aromatic N) is 2. The van der Waals surface area contributed by atoms with Crippen molar-refractivity contribution in [3.63, 3.8) is 0 Å². The minimum Gasteiger partial charge on any atom is -0.493 e. The molecule has 6 heteroatoms. The summed E-state index contributed by atoms with van der Waals surface area (Å²) in [5.74, 6) is 2.13. The van der Waals surface area contributed by atoms with Gasteiger partial charge in [0, 0.05) is 37.3 Å². The predicted octanol–water partition coefficient (Wildman–Crippen LogP) is 2.22. The van der Waals surface area contributed by atoms with Crippen molar-refractivity contribution in [3.05, 3.63) is 53.7 Å². The molecule has 1 aromatic heterocycles. The molecule has 2 aliphatic rings. The van der Waals surface area contributed by atoms with E-state index in [0.717, 1.165) is 24.5 Å². The van der Waals surface area contributed by atoms with Crippen LogP contribution in [0.4, 0.5) is 5.82 Å². The zero-order valence-corrected chi connectivity index (χ0v) is 14.7. The lowest BCUT2D eigenvalue weighted by Gasteiger charge is -2.27. The van der Waals surface area contributed by atoms with Crippen molar-refractivity contribution in [3.8, 4) is 5.75 Å². The van der Waals surface area contributed by atoms with Gasteiger partial charge in [-0.1, -0.05) is 18.2 Å². The smallest absolute Gasteiger partial charge is 0.254 e. The van der Waals surface area contributed by atoms with Crippen LogP contribution >= 0.6 is 0 Å². The molecule has 0 saturated carbocycles. The Bertz CT molecular complexity index is 774. The van der Waals surface area contributed by atoms with E-state index in [1.165, 1.54) is 5.56 Å². The van der Waals surface area contributed by atoms with Crippen LogP contribution in [0.2, 0.25) is 0 Å². The number of morpholine rings is 1. The highest BCUT2D eigenvalue weighted by Gasteiger charge is 2.21. The van der Waals surface area contributed by atoms with Crippen molar-refractivity contribution in [1.82, 2.24) is 9.88 Å². The molecule has 1 atom stereocenters. The number of pyridine rings is 1. The van der Waals surface area contributed by atoms with E-state index in [1.54, 1.807) is 12.3 Å². The number of aromatic nitrogens is 1. The average Bonchev–Trinajstić information content (AvgIpc) is 2.72. The molecule has 1 fully saturated rings. The van der Waals surface area contributed by atoms with Crippen LogP contribution in [0.15, 0.2) is 42.6 Å². The molecule has 26 heavy (non-hydrogen) atoms. The number of carbonyl (C=O) groups excluding carboxylic acids is 1. The van der Waals surface area contributed by atoms with Crippen LogP contribution < -0.4 is 10.1 Å². The van der Waals surface area contributed by atoms with Gasteiger partial charge in [-0.25, -0.2) is 4.98 Å². The Labute approximate surface area is 153 Å². The highest BCUT2D eigenvalue weighted by molar-refractivity contribution is 5.94. The first-order valence-electron chi connectivity index (χ1n) is 9.07. The summed E-state index contributed by atoms with van der Waals surface area (Å²) >= 11 is 0. The molecule has 0 bridgehead atoms. The van der Waals surface area contributed by atoms with Crippen LogP contribution in [-0.4, -0.2) is 55.2 Å². The minimum absolute atomic E-state index is 0.0358. The summed E-state index contributed by atoms with van der Waals surface area (Å²) in [6.45, 7) is 3.94. The second-order valence-corrected chi connectivity index (χ2v) is 6.70. The molecule has 0 spiro atoms. The minimum atomic E-state index is 0.0358. The summed E-state index contributed by atoms with van der Waals surface area (Å²) in [5, 5.41) is 3.36. The maximum atomic E-state index is 12.6. The number of amides is 1. The summed E-state index contributed by atoms with van der Waals surface area (Å²) in [5.41, 5.74) is 1.91. The van der Waals surface area contributed by atoms with E-state index >= 15 is 0 Å². The molecule has 0 unspecified atom stereocenters. The van der Waals surface area contributed by atoms with Crippen LogP contribution in [0.3, 0.4) is 0 Å². The van der Waals surface area contributed by atoms with E-state index in [4.69, 9.17) is 9.47 Å². The number of rotatable bonds is 4. The molecule has 0 radical (unpaired) electrons. The van der Waals surface area contributed by atoms with E-state index in [9.17, 15) is 4.79 Å². The molecule has 4 rings (SSSR count). The van der Waals surface area contributed by atoms with E-state index in [1.807, 2.05) is 29.2 Å². The number of hydrogen-bond acceptors (Lipinski definition) is 5. The summed E-state index contributed by atoms with van der Waals surface area (Å²) in [4.78, 5) is 18.8. The van der Waals surface area contributed by atoms with Crippen molar-refractivity contribution < 1.29 is 14.3 Å². The van der Waals surface area contributed by atoms with Gasteiger partial charge in [-0.3, -0.25) is 4.79 Å². The van der Waals surface area contributed by atoms with Gasteiger partial charge < -0.3 is 19.7 Å². The number of fused-ring (bicyclic) bond motifs is 1. The zero-order valence-electron chi connectivity index (χ0n) is 14.7. The maximum absolute atomic E-state index is 12.6. The molecule has 6 nitrogen and oxygen atoms in total. The first kappa shape index (κ1) is 16.8. The van der Waals surface area contributed by atoms with Crippen molar-refractivity contribution in [2.75, 3.05) is 44.8 Å². The molecule has 136 valence electrons. The number of nitrogens with one attached hydrogen (secondary N) is 1. The van der Waals surface area contributed by atoms with Crippen LogP contribution in [0.5, 0.6) is 5.75 Å². The predicted molar refractivity (Wildman–Crippen MR) is 98.6 cm³/mol. The van der Waals surface area contributed by atoms with Gasteiger partial charge in [0.25, 0.3) is 5.91 Å². The fourth-order valence-electron chi connectivity index (χ4n) is 3.38. The normalized spacial score (nSPS) is 19.4. The van der Waals surface area contributed by atoms with Crippen LogP contribution in [0.1, 0.15) is 15.9 Å². The van der Waals surface area contributed by atoms with Gasteiger partial charge in [0.15, 0.2) is 0 Å². The van der Waals surface area contributed by atoms with Gasteiger partial charge >= 0.3 is 0 Å². The quantitative estimate of drug-likeness (QED) is 0.913. The zero-order chi connectivity index (χ0) is 17.8. The molecule has 3 heterocycles. The van der Waals surface area contributed by atoms with Gasteiger partial charge in [0.1, 0.15) is 11.6 Å². The monoisotopic (exact) mass is 353 g/mol. The molecule has 1 N–H and O–H groups in total. The molecule has 2 aliphatic heterocycles. The average molecular weight is 353 g/mol. The maximum Gasteiger partial charge on any atom is 0.254 e. The Morgan fingerprint density at radius 1 is 1.23 bits per heavy atom. The highest BCUT2D eigenvalue weighted by atomic mass is 16.5. The van der Waals surface area contributed by atoms with Crippen LogP contribution in [0.25, 0.3) is 0 Å². The van der Waals surface area contributed by atoms with Gasteiger partial charge in [-0.2, -0.15) is 0 Å². The Hall–Kier alpha value is -2.60. The van der Waals surface area contributed by atoms with Gasteiger partial charge in [0.2, 0.25) is 0 Å². The number of carbonyl (C=O) groups is 1. The fourth-order valence-corrected chi connectivity index (χ4v) is 3.38. The highest BCUT2D eigenvalue weighted by Crippen LogP contribution is 2.26. The number of anilines is 1. The van der Waals surface area contributed by atoms with E-state index in [2.05, 4.69) is 16.4 Å². The number of ether oxygens (including phenoxy) is 2. The van der Waals surface area contributed by atoms with Gasteiger partial charge in [-0.05, 0) is 30.2 Å². The Morgan fingerprint density at radius 3 is 2.96 bits per heavy atom. The third-order valence-corrected chi connectivity index (χ3v) is 4.83.